The van der Waals surface area contributed by atoms with Crippen molar-refractivity contribution in [3.8, 4) is 0 Å². The fourth-order valence-corrected chi connectivity index (χ4v) is 3.34. The van der Waals surface area contributed by atoms with Crippen molar-refractivity contribution < 1.29 is 22.4 Å². The van der Waals surface area contributed by atoms with Crippen molar-refractivity contribution in [3.63, 3.8) is 0 Å². The first kappa shape index (κ1) is 19.2. The summed E-state index contributed by atoms with van der Waals surface area (Å²) in [5, 5.41) is 3.07. The third-order valence-electron chi connectivity index (χ3n) is 3.46. The van der Waals surface area contributed by atoms with Crippen LogP contribution in [0.25, 0.3) is 6.08 Å². The molecule has 4 nitrogen and oxygen atoms in total. The molecule has 0 saturated carbocycles. The first-order chi connectivity index (χ1) is 12.8. The van der Waals surface area contributed by atoms with E-state index in [1.807, 2.05) is 0 Å². The molecule has 0 fully saturated rings. The molecular weight excluding hydrogens is 401 g/mol. The highest BCUT2D eigenvalue weighted by Crippen LogP contribution is 2.35. The second-order valence-electron chi connectivity index (χ2n) is 5.45. The maximum Gasteiger partial charge on any atom is 0.416 e. The summed E-state index contributed by atoms with van der Waals surface area (Å²) in [7, 11) is 0. The molecular formula is C18H12ClF3N2O2S. The number of hydrogen-bond donors (Lipinski definition) is 1. The molecule has 1 amide bonds. The summed E-state index contributed by atoms with van der Waals surface area (Å²) in [5.74, 6) is 0.0941. The van der Waals surface area contributed by atoms with Crippen molar-refractivity contribution >= 4 is 40.1 Å². The van der Waals surface area contributed by atoms with E-state index in [1.54, 1.807) is 12.1 Å². The molecule has 3 rings (SSSR count). The number of amides is 1. The predicted molar refractivity (Wildman–Crippen MR) is 97.7 cm³/mol. The number of nitrogens with one attached hydrogen (secondary N) is 1. The molecule has 0 spiro atoms. The average molecular weight is 413 g/mol. The summed E-state index contributed by atoms with van der Waals surface area (Å²) < 4.78 is 44.5. The smallest absolute Gasteiger partial charge is 0.416 e. The first-order valence-electron chi connectivity index (χ1n) is 7.64. The number of hydrogen-bond acceptors (Lipinski definition) is 4. The van der Waals surface area contributed by atoms with E-state index in [1.165, 1.54) is 36.7 Å². The molecule has 1 N–H and O–H groups in total. The van der Waals surface area contributed by atoms with Gasteiger partial charge in [-0.1, -0.05) is 11.6 Å². The fraction of sp³-hybridized carbons (Fsp3) is 0.111. The van der Waals surface area contributed by atoms with Gasteiger partial charge in [0.25, 0.3) is 0 Å². The van der Waals surface area contributed by atoms with Crippen LogP contribution in [0.5, 0.6) is 0 Å². The molecule has 0 atom stereocenters. The number of nitrogens with zero attached hydrogens (tertiary/aromatic N) is 1. The number of alkyl halides is 3. The summed E-state index contributed by atoms with van der Waals surface area (Å²) in [6.07, 6.45) is 1.21. The molecule has 140 valence electrons. The zero-order valence-corrected chi connectivity index (χ0v) is 15.2. The minimum Gasteiger partial charge on any atom is -0.465 e. The van der Waals surface area contributed by atoms with E-state index < -0.39 is 17.6 Å². The minimum absolute atomic E-state index is 0.00513. The lowest BCUT2D eigenvalue weighted by molar-refractivity contribution is -0.138. The average Bonchev–Trinajstić information content (AvgIpc) is 3.24. The molecule has 0 aliphatic rings. The minimum atomic E-state index is -4.47. The molecule has 0 unspecified atom stereocenters. The predicted octanol–water partition coefficient (Wildman–Crippen LogP) is 5.65. The van der Waals surface area contributed by atoms with Gasteiger partial charge in [0.1, 0.15) is 5.76 Å². The van der Waals surface area contributed by atoms with Crippen LogP contribution < -0.4 is 5.32 Å². The largest absolute Gasteiger partial charge is 0.465 e. The topological polar surface area (TPSA) is 55.1 Å². The van der Waals surface area contributed by atoms with Gasteiger partial charge in [-0.2, -0.15) is 13.2 Å². The Morgan fingerprint density at radius 2 is 2.15 bits per heavy atom. The van der Waals surface area contributed by atoms with E-state index in [0.29, 0.717) is 10.6 Å². The van der Waals surface area contributed by atoms with E-state index in [-0.39, 0.29) is 22.1 Å². The van der Waals surface area contributed by atoms with Crippen molar-refractivity contribution in [2.45, 2.75) is 12.6 Å². The van der Waals surface area contributed by atoms with Crippen LogP contribution in [0.2, 0.25) is 5.02 Å². The van der Waals surface area contributed by atoms with Crippen LogP contribution in [-0.2, 0) is 17.4 Å². The zero-order valence-electron chi connectivity index (χ0n) is 13.6. The lowest BCUT2D eigenvalue weighted by atomic mass is 10.0. The van der Waals surface area contributed by atoms with Gasteiger partial charge in [0, 0.05) is 28.6 Å². The van der Waals surface area contributed by atoms with Crippen molar-refractivity contribution in [2.75, 3.05) is 5.32 Å². The molecule has 9 heteroatoms. The molecule has 1 aromatic carbocycles. The van der Waals surface area contributed by atoms with E-state index in [0.717, 1.165) is 17.4 Å². The summed E-state index contributed by atoms with van der Waals surface area (Å²) in [4.78, 5) is 16.5. The van der Waals surface area contributed by atoms with Crippen LogP contribution in [-0.4, -0.2) is 10.9 Å². The van der Waals surface area contributed by atoms with Gasteiger partial charge in [-0.3, -0.25) is 10.1 Å². The van der Waals surface area contributed by atoms with Crippen LogP contribution in [0.1, 0.15) is 21.8 Å². The molecule has 2 aromatic heterocycles. The second-order valence-corrected chi connectivity index (χ2v) is 7.00. The number of thiazole rings is 1. The highest BCUT2D eigenvalue weighted by atomic mass is 35.5. The normalized spacial score (nSPS) is 11.9. The Labute approximate surface area is 161 Å². The van der Waals surface area contributed by atoms with Gasteiger partial charge in [0.2, 0.25) is 5.91 Å². The van der Waals surface area contributed by atoms with Gasteiger partial charge >= 0.3 is 6.18 Å². The number of rotatable bonds is 5. The first-order valence-corrected chi connectivity index (χ1v) is 8.83. The third kappa shape index (κ3) is 5.21. The molecule has 0 radical (unpaired) electrons. The van der Waals surface area contributed by atoms with Gasteiger partial charge in [0.05, 0.1) is 11.8 Å². The summed E-state index contributed by atoms with van der Waals surface area (Å²) in [5.41, 5.74) is -0.693. The van der Waals surface area contributed by atoms with Gasteiger partial charge in [-0.05, 0) is 42.0 Å². The Hall–Kier alpha value is -2.58. The van der Waals surface area contributed by atoms with Crippen molar-refractivity contribution in [1.82, 2.24) is 4.98 Å². The van der Waals surface area contributed by atoms with Crippen LogP contribution >= 0.6 is 22.9 Å². The maximum absolute atomic E-state index is 13.1. The Morgan fingerprint density at radius 3 is 2.85 bits per heavy atom. The van der Waals surface area contributed by atoms with Crippen LogP contribution in [0.15, 0.2) is 53.3 Å². The second kappa shape index (κ2) is 7.98. The number of aromatic nitrogens is 1. The number of halogens is 4. The number of anilines is 1. The number of benzene rings is 1. The van der Waals surface area contributed by atoms with E-state index >= 15 is 0 Å². The van der Waals surface area contributed by atoms with Crippen LogP contribution in [0.3, 0.4) is 0 Å². The third-order valence-corrected chi connectivity index (χ3v) is 4.61. The quantitative estimate of drug-likeness (QED) is 0.551. The molecule has 2 heterocycles. The zero-order chi connectivity index (χ0) is 19.4. The lowest BCUT2D eigenvalue weighted by Crippen LogP contribution is -2.09. The monoisotopic (exact) mass is 412 g/mol. The molecule has 27 heavy (non-hydrogen) atoms. The molecule has 0 aliphatic heterocycles. The number of carbonyl (C=O) groups excluding carboxylic acids is 1. The maximum atomic E-state index is 13.1. The molecule has 3 aromatic rings. The summed E-state index contributed by atoms with van der Waals surface area (Å²) >= 11 is 6.93. The van der Waals surface area contributed by atoms with E-state index in [4.69, 9.17) is 16.0 Å². The van der Waals surface area contributed by atoms with E-state index in [2.05, 4.69) is 10.3 Å². The van der Waals surface area contributed by atoms with Crippen LogP contribution in [0.4, 0.5) is 18.3 Å². The highest BCUT2D eigenvalue weighted by Gasteiger charge is 2.33. The van der Waals surface area contributed by atoms with Gasteiger partial charge in [-0.25, -0.2) is 4.98 Å². The molecule has 0 saturated heterocycles. The van der Waals surface area contributed by atoms with E-state index in [9.17, 15) is 18.0 Å². The van der Waals surface area contributed by atoms with Gasteiger partial charge in [-0.15, -0.1) is 11.3 Å². The lowest BCUT2D eigenvalue weighted by Gasteiger charge is -2.12. The van der Waals surface area contributed by atoms with Crippen molar-refractivity contribution in [1.29, 1.82) is 0 Å². The Bertz CT molecular complexity index is 965. The van der Waals surface area contributed by atoms with Crippen molar-refractivity contribution in [2.24, 2.45) is 0 Å². The number of furan rings is 1. The van der Waals surface area contributed by atoms with Crippen LogP contribution in [0, 0.1) is 0 Å². The molecule has 0 bridgehead atoms. The van der Waals surface area contributed by atoms with Gasteiger partial charge in [0.15, 0.2) is 5.13 Å². The van der Waals surface area contributed by atoms with Gasteiger partial charge < -0.3 is 4.42 Å². The SMILES string of the molecule is O=C(C=Cc1ccco1)Nc1ncc(Cc2cc(Cl)ccc2C(F)(F)F)s1. The Balaban J connectivity index is 1.70. The number of carbonyl (C=O) groups is 1. The summed E-state index contributed by atoms with van der Waals surface area (Å²) in [6.45, 7) is 0. The fourth-order valence-electron chi connectivity index (χ4n) is 2.31. The molecule has 0 aliphatic carbocycles. The Kier molecular flexibility index (Phi) is 5.67. The standard InChI is InChI=1S/C18H12ClF3N2O2S/c19-12-3-5-15(18(20,21)22)11(8-12)9-14-10-23-17(27-14)24-16(25)6-4-13-2-1-7-26-13/h1-8,10H,9H2,(H,23,24,25). The Morgan fingerprint density at radius 1 is 1.33 bits per heavy atom. The highest BCUT2D eigenvalue weighted by molar-refractivity contribution is 7.15. The van der Waals surface area contributed by atoms with Crippen molar-refractivity contribution in [3.05, 3.63) is 75.7 Å². The summed E-state index contributed by atoms with van der Waals surface area (Å²) in [6, 6.07) is 6.83.